The highest BCUT2D eigenvalue weighted by molar-refractivity contribution is 6.01. The monoisotopic (exact) mass is 523 g/mol. The van der Waals surface area contributed by atoms with Crippen molar-refractivity contribution in [2.45, 2.75) is 51.7 Å². The molecular formula is C34H37NO4. The van der Waals surface area contributed by atoms with Crippen LogP contribution in [0.15, 0.2) is 60.8 Å². The van der Waals surface area contributed by atoms with Crippen LogP contribution >= 0.6 is 0 Å². The molecule has 2 heterocycles. The number of aliphatic hydroxyl groups excluding tert-OH is 1. The first kappa shape index (κ1) is 25.6. The van der Waals surface area contributed by atoms with E-state index in [-0.39, 0.29) is 23.2 Å². The van der Waals surface area contributed by atoms with E-state index in [4.69, 9.17) is 9.47 Å². The van der Waals surface area contributed by atoms with Crippen LogP contribution in [0.3, 0.4) is 0 Å². The molecule has 1 aliphatic heterocycles. The third-order valence-electron chi connectivity index (χ3n) is 9.18. The molecule has 1 aliphatic carbocycles. The smallest absolute Gasteiger partial charge is 0.164 e. The van der Waals surface area contributed by atoms with E-state index in [1.807, 2.05) is 12.1 Å². The van der Waals surface area contributed by atoms with Crippen LogP contribution in [0, 0.1) is 11.3 Å². The molecular weight excluding hydrogens is 486 g/mol. The van der Waals surface area contributed by atoms with Gasteiger partial charge in [0.05, 0.1) is 18.7 Å². The molecule has 39 heavy (non-hydrogen) atoms. The Morgan fingerprint density at radius 2 is 1.74 bits per heavy atom. The zero-order valence-electron chi connectivity index (χ0n) is 23.4. The van der Waals surface area contributed by atoms with Crippen LogP contribution in [-0.4, -0.2) is 33.6 Å². The summed E-state index contributed by atoms with van der Waals surface area (Å²) < 4.78 is 14.5. The number of aliphatic hydroxyl groups is 1. The van der Waals surface area contributed by atoms with Crippen molar-refractivity contribution in [3.63, 3.8) is 0 Å². The maximum Gasteiger partial charge on any atom is 0.164 e. The van der Waals surface area contributed by atoms with Gasteiger partial charge in [0.1, 0.15) is 11.4 Å². The van der Waals surface area contributed by atoms with Crippen molar-refractivity contribution in [2.75, 3.05) is 7.11 Å². The van der Waals surface area contributed by atoms with Gasteiger partial charge in [-0.25, -0.2) is 0 Å². The van der Waals surface area contributed by atoms with E-state index >= 15 is 0 Å². The molecule has 2 N–H and O–H groups in total. The first-order chi connectivity index (χ1) is 18.6. The molecule has 2 aliphatic rings. The SMILES string of the molecule is COc1cc(C=Cc2cc(O)c3c(c2)CC2C(C)(CCC(O)C2(C)C)O3)cc2c1c(-c1ccccc1)cn2C. The second-order valence-corrected chi connectivity index (χ2v) is 12.0. The van der Waals surface area contributed by atoms with Crippen molar-refractivity contribution in [3.8, 4) is 28.4 Å². The lowest BCUT2D eigenvalue weighted by atomic mass is 9.57. The van der Waals surface area contributed by atoms with Gasteiger partial charge in [0.15, 0.2) is 11.5 Å². The Bertz CT molecular complexity index is 1580. The van der Waals surface area contributed by atoms with E-state index in [0.29, 0.717) is 12.2 Å². The first-order valence-electron chi connectivity index (χ1n) is 13.7. The predicted molar refractivity (Wildman–Crippen MR) is 157 cm³/mol. The topological polar surface area (TPSA) is 63.9 Å². The average molecular weight is 524 g/mol. The predicted octanol–water partition coefficient (Wildman–Crippen LogP) is 7.22. The van der Waals surface area contributed by atoms with E-state index in [0.717, 1.165) is 57.3 Å². The van der Waals surface area contributed by atoms with Crippen LogP contribution in [0.25, 0.3) is 34.2 Å². The van der Waals surface area contributed by atoms with Gasteiger partial charge in [-0.15, -0.1) is 0 Å². The molecule has 3 unspecified atom stereocenters. The van der Waals surface area contributed by atoms with Crippen LogP contribution in [0.4, 0.5) is 0 Å². The highest BCUT2D eigenvalue weighted by Gasteiger charge is 2.54. The first-order valence-corrected chi connectivity index (χ1v) is 13.7. The van der Waals surface area contributed by atoms with Crippen molar-refractivity contribution in [3.05, 3.63) is 77.5 Å². The van der Waals surface area contributed by atoms with Crippen molar-refractivity contribution < 1.29 is 19.7 Å². The van der Waals surface area contributed by atoms with Crippen LogP contribution in [0.1, 0.15) is 50.3 Å². The van der Waals surface area contributed by atoms with Gasteiger partial charge in [0.25, 0.3) is 0 Å². The molecule has 0 amide bonds. The van der Waals surface area contributed by atoms with Crippen LogP contribution in [0.2, 0.25) is 0 Å². The third-order valence-corrected chi connectivity index (χ3v) is 9.18. The van der Waals surface area contributed by atoms with E-state index in [1.165, 1.54) is 0 Å². The van der Waals surface area contributed by atoms with Gasteiger partial charge in [-0.3, -0.25) is 0 Å². The zero-order valence-corrected chi connectivity index (χ0v) is 23.4. The maximum atomic E-state index is 11.0. The van der Waals surface area contributed by atoms with Gasteiger partial charge in [0, 0.05) is 30.1 Å². The highest BCUT2D eigenvalue weighted by Crippen LogP contribution is 2.54. The summed E-state index contributed by atoms with van der Waals surface area (Å²) in [7, 11) is 3.77. The summed E-state index contributed by atoms with van der Waals surface area (Å²) in [6, 6.07) is 18.5. The quantitative estimate of drug-likeness (QED) is 0.277. The van der Waals surface area contributed by atoms with Crippen molar-refractivity contribution in [1.82, 2.24) is 4.57 Å². The van der Waals surface area contributed by atoms with Gasteiger partial charge >= 0.3 is 0 Å². The van der Waals surface area contributed by atoms with Crippen molar-refractivity contribution in [1.29, 1.82) is 0 Å². The molecule has 0 saturated heterocycles. The molecule has 5 heteroatoms. The Morgan fingerprint density at radius 1 is 1.03 bits per heavy atom. The van der Waals surface area contributed by atoms with E-state index in [2.05, 4.69) is 87.1 Å². The number of methoxy groups -OCH3 is 1. The molecule has 3 atom stereocenters. The number of hydrogen-bond donors (Lipinski definition) is 2. The summed E-state index contributed by atoms with van der Waals surface area (Å²) in [6.45, 7) is 6.39. The molecule has 4 aromatic rings. The molecule has 202 valence electrons. The minimum atomic E-state index is -0.399. The fourth-order valence-electron chi connectivity index (χ4n) is 6.89. The van der Waals surface area contributed by atoms with Gasteiger partial charge < -0.3 is 24.3 Å². The summed E-state index contributed by atoms with van der Waals surface area (Å²) in [6.07, 6.45) is 8.11. The molecule has 1 aromatic heterocycles. The molecule has 3 aromatic carbocycles. The fraction of sp³-hybridized carbons (Fsp3) is 0.353. The van der Waals surface area contributed by atoms with Crippen molar-refractivity contribution >= 4 is 23.1 Å². The summed E-state index contributed by atoms with van der Waals surface area (Å²) in [4.78, 5) is 0. The Kier molecular flexibility index (Phi) is 6.03. The molecule has 1 saturated carbocycles. The minimum absolute atomic E-state index is 0.155. The fourth-order valence-corrected chi connectivity index (χ4v) is 6.89. The lowest BCUT2D eigenvalue weighted by molar-refractivity contribution is -0.138. The molecule has 5 nitrogen and oxygen atoms in total. The molecule has 0 radical (unpaired) electrons. The second kappa shape index (κ2) is 9.20. The molecule has 0 spiro atoms. The lowest BCUT2D eigenvalue weighted by Gasteiger charge is -2.55. The normalized spacial score (nSPS) is 23.8. The zero-order chi connectivity index (χ0) is 27.5. The number of ether oxygens (including phenoxy) is 2. The summed E-state index contributed by atoms with van der Waals surface area (Å²) in [5.41, 5.74) is 5.62. The lowest BCUT2D eigenvalue weighted by Crippen LogP contribution is -2.58. The number of fused-ring (bicyclic) bond motifs is 3. The average Bonchev–Trinajstić information content (AvgIpc) is 3.26. The number of benzene rings is 3. The highest BCUT2D eigenvalue weighted by atomic mass is 16.5. The van der Waals surface area contributed by atoms with Crippen LogP contribution in [-0.2, 0) is 13.5 Å². The number of phenolic OH excluding ortho intramolecular Hbond substituents is 1. The van der Waals surface area contributed by atoms with Gasteiger partial charge in [-0.1, -0.05) is 56.3 Å². The number of aryl methyl sites for hydroxylation is 1. The van der Waals surface area contributed by atoms with E-state index in [9.17, 15) is 10.2 Å². The number of phenols is 1. The Labute approximate surface area is 230 Å². The summed E-state index contributed by atoms with van der Waals surface area (Å²) in [5.74, 6) is 1.73. The van der Waals surface area contributed by atoms with E-state index in [1.54, 1.807) is 13.2 Å². The number of aromatic nitrogens is 1. The molecule has 0 bridgehead atoms. The second-order valence-electron chi connectivity index (χ2n) is 12.0. The molecule has 6 rings (SSSR count). The van der Waals surface area contributed by atoms with E-state index < -0.39 is 5.60 Å². The maximum absolute atomic E-state index is 11.0. The Balaban J connectivity index is 1.35. The number of hydrogen-bond acceptors (Lipinski definition) is 4. The standard InChI is InChI=1S/C34H37NO4/c1-33(2)29-19-24-15-21(17-27(36)32(24)39-34(29,3)14-13-30(33)37)11-12-22-16-26-31(28(18-22)38-5)25(20-35(26)4)23-9-7-6-8-10-23/h6-12,15-18,20,29-30,36-37H,13-14,19H2,1-5H3. The van der Waals surface area contributed by atoms with Gasteiger partial charge in [-0.05, 0) is 78.1 Å². The van der Waals surface area contributed by atoms with Crippen LogP contribution < -0.4 is 9.47 Å². The van der Waals surface area contributed by atoms with Crippen molar-refractivity contribution in [2.24, 2.45) is 18.4 Å². The Morgan fingerprint density at radius 3 is 2.46 bits per heavy atom. The Hall–Kier alpha value is -3.70. The minimum Gasteiger partial charge on any atom is -0.504 e. The van der Waals surface area contributed by atoms with Gasteiger partial charge in [0.2, 0.25) is 0 Å². The summed E-state index contributed by atoms with van der Waals surface area (Å²) in [5, 5.41) is 22.8. The number of nitrogens with zero attached hydrogens (tertiary/aromatic N) is 1. The summed E-state index contributed by atoms with van der Waals surface area (Å²) >= 11 is 0. The third kappa shape index (κ3) is 4.20. The van der Waals surface area contributed by atoms with Crippen LogP contribution in [0.5, 0.6) is 17.2 Å². The number of rotatable bonds is 4. The molecule has 1 fully saturated rings. The van der Waals surface area contributed by atoms with Gasteiger partial charge in [-0.2, -0.15) is 0 Å². The number of aromatic hydroxyl groups is 1. The largest absolute Gasteiger partial charge is 0.504 e.